The van der Waals surface area contributed by atoms with Crippen LogP contribution in [0.4, 0.5) is 0 Å². The van der Waals surface area contributed by atoms with E-state index in [2.05, 4.69) is 0 Å². The van der Waals surface area contributed by atoms with Crippen molar-refractivity contribution in [3.63, 3.8) is 0 Å². The van der Waals surface area contributed by atoms with Crippen molar-refractivity contribution in [2.45, 2.75) is 0 Å². The molecule has 0 amide bonds. The minimum atomic E-state index is 0. The van der Waals surface area contributed by atoms with Gasteiger partial charge in [-0.15, -0.1) is 49.6 Å². The van der Waals surface area contributed by atoms with Gasteiger partial charge in [-0.2, -0.15) is 0 Å². The summed E-state index contributed by atoms with van der Waals surface area (Å²) in [5, 5.41) is 0. The van der Waals surface area contributed by atoms with Gasteiger partial charge < -0.3 is 5.48 Å². The van der Waals surface area contributed by atoms with Crippen LogP contribution >= 0.6 is 49.6 Å². The molecule has 0 fully saturated rings. The largest absolute Gasteiger partial charge is 0.412 e. The number of halogens is 4. The van der Waals surface area contributed by atoms with Gasteiger partial charge in [0.05, 0.1) is 0 Å². The minimum absolute atomic E-state index is 0. The molecule has 6 heteroatoms. The normalized spacial score (nSPS) is 0. The van der Waals surface area contributed by atoms with E-state index in [1.807, 2.05) is 0 Å². The van der Waals surface area contributed by atoms with E-state index >= 15 is 0 Å². The van der Waals surface area contributed by atoms with Gasteiger partial charge in [0.15, 0.2) is 0 Å². The molecule has 51 valence electrons. The van der Waals surface area contributed by atoms with Crippen molar-refractivity contribution in [2.75, 3.05) is 0 Å². The molecule has 0 aromatic carbocycles. The summed E-state index contributed by atoms with van der Waals surface area (Å²) >= 11 is 0. The molecular weight excluding hydrogens is 355 g/mol. The maximum atomic E-state index is 0. The van der Waals surface area contributed by atoms with Crippen molar-refractivity contribution in [1.82, 2.24) is 0 Å². The van der Waals surface area contributed by atoms with Crippen LogP contribution in [0.15, 0.2) is 0 Å². The van der Waals surface area contributed by atoms with Crippen molar-refractivity contribution in [3.05, 3.63) is 0 Å². The molecule has 0 aliphatic carbocycles. The van der Waals surface area contributed by atoms with Crippen molar-refractivity contribution >= 4 is 49.6 Å². The smallest absolute Gasteiger partial charge is 0 e. The Morgan fingerprint density at radius 2 is 0.500 bits per heavy atom. The second-order valence-electron chi connectivity index (χ2n) is 0. The van der Waals surface area contributed by atoms with Crippen molar-refractivity contribution < 1.29 is 27.9 Å². The van der Waals surface area contributed by atoms with Gasteiger partial charge in [-0.3, -0.25) is 0 Å². The predicted octanol–water partition coefficient (Wildman–Crippen LogP) is 0.860. The first-order valence-electron chi connectivity index (χ1n) is 0. The molecule has 2 N–H and O–H groups in total. The number of hydrogen-bond donors (Lipinski definition) is 0. The van der Waals surface area contributed by atoms with E-state index in [1.165, 1.54) is 0 Å². The molecule has 0 unspecified atom stereocenters. The standard InChI is InChI=1S/Au.4ClH.H2O/h;4*1H;1H2. The average molecular weight is 361 g/mol. The van der Waals surface area contributed by atoms with Crippen LogP contribution in [0.5, 0.6) is 0 Å². The Morgan fingerprint density at radius 1 is 0.500 bits per heavy atom. The first-order valence-corrected chi connectivity index (χ1v) is 0. The summed E-state index contributed by atoms with van der Waals surface area (Å²) in [7, 11) is 0. The Hall–Kier alpha value is 1.86. The Kier molecular flexibility index (Phi) is 1210. The van der Waals surface area contributed by atoms with E-state index in [9.17, 15) is 0 Å². The number of rotatable bonds is 0. The predicted molar refractivity (Wildman–Crippen MR) is 32.6 cm³/mol. The van der Waals surface area contributed by atoms with E-state index in [-0.39, 0.29) is 77.5 Å². The molecule has 0 aromatic rings. The minimum Gasteiger partial charge on any atom is -0.412 e. The van der Waals surface area contributed by atoms with Gasteiger partial charge in [-0.05, 0) is 0 Å². The zero-order valence-corrected chi connectivity index (χ0v) is 7.87. The maximum absolute atomic E-state index is 0. The van der Waals surface area contributed by atoms with E-state index in [4.69, 9.17) is 0 Å². The fraction of sp³-hybridized carbons (Fsp3) is 0. The van der Waals surface area contributed by atoms with Gasteiger partial charge in [0.25, 0.3) is 0 Å². The first-order chi connectivity index (χ1) is 0. The quantitative estimate of drug-likeness (QED) is 0.574. The average Bonchev–Trinajstić information content (AvgIpc) is 0. The van der Waals surface area contributed by atoms with E-state index in [1.54, 1.807) is 0 Å². The van der Waals surface area contributed by atoms with Gasteiger partial charge in [0.1, 0.15) is 0 Å². The zero-order valence-electron chi connectivity index (χ0n) is 2.43. The zero-order chi connectivity index (χ0) is 0. The van der Waals surface area contributed by atoms with Crippen LogP contribution in [-0.2, 0) is 22.4 Å². The van der Waals surface area contributed by atoms with Gasteiger partial charge in [0.2, 0.25) is 0 Å². The van der Waals surface area contributed by atoms with Crippen molar-refractivity contribution in [1.29, 1.82) is 0 Å². The third kappa shape index (κ3) is 40.0. The van der Waals surface area contributed by atoms with E-state index in [0.717, 1.165) is 0 Å². The van der Waals surface area contributed by atoms with E-state index < -0.39 is 0 Å². The maximum Gasteiger partial charge on any atom is 0 e. The summed E-state index contributed by atoms with van der Waals surface area (Å²) in [5.41, 5.74) is 0. The topological polar surface area (TPSA) is 31.5 Å². The monoisotopic (exact) mass is 359 g/mol. The molecule has 0 aromatic heterocycles. The van der Waals surface area contributed by atoms with E-state index in [0.29, 0.717) is 0 Å². The molecule has 0 atom stereocenters. The summed E-state index contributed by atoms with van der Waals surface area (Å²) in [4.78, 5) is 0. The van der Waals surface area contributed by atoms with Crippen LogP contribution in [0.3, 0.4) is 0 Å². The summed E-state index contributed by atoms with van der Waals surface area (Å²) < 4.78 is 0. The fourth-order valence-electron chi connectivity index (χ4n) is 0. The molecule has 0 aliphatic rings. The second-order valence-corrected chi connectivity index (χ2v) is 0. The molecular formula is H6AuCl4O. The molecule has 0 heterocycles. The van der Waals surface area contributed by atoms with Crippen LogP contribution in [-0.4, -0.2) is 5.48 Å². The Morgan fingerprint density at radius 3 is 0.500 bits per heavy atom. The van der Waals surface area contributed by atoms with Gasteiger partial charge in [-0.25, -0.2) is 0 Å². The Labute approximate surface area is 77.1 Å². The fourth-order valence-corrected chi connectivity index (χ4v) is 0. The third-order valence-electron chi connectivity index (χ3n) is 0. The van der Waals surface area contributed by atoms with Crippen LogP contribution in [0, 0.1) is 0 Å². The Bertz CT molecular complexity index is 7.51. The third-order valence-corrected chi connectivity index (χ3v) is 0. The molecule has 1 radical (unpaired) electrons. The molecule has 0 bridgehead atoms. The SMILES string of the molecule is Cl.Cl.Cl.Cl.O.[Au]. The van der Waals surface area contributed by atoms with Gasteiger partial charge >= 0.3 is 0 Å². The molecule has 0 saturated heterocycles. The molecule has 0 aliphatic heterocycles. The molecule has 0 saturated carbocycles. The summed E-state index contributed by atoms with van der Waals surface area (Å²) in [6.07, 6.45) is 0. The van der Waals surface area contributed by atoms with Crippen LogP contribution < -0.4 is 0 Å². The van der Waals surface area contributed by atoms with Crippen molar-refractivity contribution in [3.8, 4) is 0 Å². The summed E-state index contributed by atoms with van der Waals surface area (Å²) in [6.45, 7) is 0. The van der Waals surface area contributed by atoms with Crippen molar-refractivity contribution in [2.24, 2.45) is 0 Å². The molecule has 0 rings (SSSR count). The summed E-state index contributed by atoms with van der Waals surface area (Å²) in [6, 6.07) is 0. The first kappa shape index (κ1) is 107. The van der Waals surface area contributed by atoms with Gasteiger partial charge in [-0.1, -0.05) is 0 Å². The van der Waals surface area contributed by atoms with Gasteiger partial charge in [0, 0.05) is 22.4 Å². The molecule has 0 spiro atoms. The number of hydrogen-bond acceptors (Lipinski definition) is 0. The van der Waals surface area contributed by atoms with Crippen LogP contribution in [0.25, 0.3) is 0 Å². The van der Waals surface area contributed by atoms with Crippen LogP contribution in [0.2, 0.25) is 0 Å². The Balaban J connectivity index is 0. The van der Waals surface area contributed by atoms with Crippen LogP contribution in [0.1, 0.15) is 0 Å². The molecule has 1 nitrogen and oxygen atoms in total. The second kappa shape index (κ2) is 68.1. The summed E-state index contributed by atoms with van der Waals surface area (Å²) in [5.74, 6) is 0. The molecule has 6 heavy (non-hydrogen) atoms.